The number of amides is 1. The normalized spacial score (nSPS) is 37.5. The summed E-state index contributed by atoms with van der Waals surface area (Å²) in [7, 11) is -1.37. The van der Waals surface area contributed by atoms with Gasteiger partial charge in [0.1, 0.15) is 6.97 Å². The standard InChI is InChI=1S/C19H32BN3O4/c1-17(2,3)25-16(24)22-10-8-14(9-11-22)23-12-15(21-13-23)20-26-18(4,5)19(6,7)27-20/h12-14H,8-11H2,1-7H3/i8D2,9D2,10D2,11D2,12D,13D,14D. The highest BCUT2D eigenvalue weighted by molar-refractivity contribution is 6.61. The molecule has 2 saturated heterocycles. The van der Waals surface area contributed by atoms with Crippen molar-refractivity contribution in [3.63, 3.8) is 0 Å². The topological polar surface area (TPSA) is 65.8 Å². The number of ether oxygens (including phenoxy) is 1. The molecule has 2 aliphatic rings. The predicted molar refractivity (Wildman–Crippen MR) is 104 cm³/mol. The van der Waals surface area contributed by atoms with Crippen molar-refractivity contribution in [2.24, 2.45) is 0 Å². The molecule has 150 valence electrons. The fraction of sp³-hybridized carbons (Fsp3) is 0.789. The zero-order chi connectivity index (χ0) is 29.9. The number of carbonyl (C=O) groups excluding carboxylic acids is 1. The molecule has 1 aromatic rings. The van der Waals surface area contributed by atoms with E-state index >= 15 is 0 Å². The number of aromatic nitrogens is 2. The first-order chi connectivity index (χ1) is 16.6. The maximum Gasteiger partial charge on any atom is 0.516 e. The number of hydrogen-bond acceptors (Lipinski definition) is 5. The molecule has 27 heavy (non-hydrogen) atoms. The van der Waals surface area contributed by atoms with Crippen molar-refractivity contribution in [2.75, 3.05) is 13.0 Å². The van der Waals surface area contributed by atoms with Gasteiger partial charge in [0.25, 0.3) is 0 Å². The molecule has 0 saturated carbocycles. The molecule has 0 radical (unpaired) electrons. The molecule has 0 bridgehead atoms. The van der Waals surface area contributed by atoms with Gasteiger partial charge in [-0.3, -0.25) is 0 Å². The van der Waals surface area contributed by atoms with Gasteiger partial charge in [-0.05, 0) is 61.2 Å². The van der Waals surface area contributed by atoms with Crippen LogP contribution in [0.2, 0.25) is 0 Å². The van der Waals surface area contributed by atoms with Crippen LogP contribution in [0.5, 0.6) is 0 Å². The monoisotopic (exact) mass is 388 g/mol. The number of hydrogen-bond donors (Lipinski definition) is 0. The summed E-state index contributed by atoms with van der Waals surface area (Å²) in [5.41, 5.74) is -3.50. The first kappa shape index (κ1) is 10.3. The lowest BCUT2D eigenvalue weighted by Crippen LogP contribution is -2.42. The summed E-state index contributed by atoms with van der Waals surface area (Å²) in [6, 6.07) is -3.67. The van der Waals surface area contributed by atoms with E-state index in [1.807, 2.05) is 0 Å². The molecule has 0 N–H and O–H groups in total. The quantitative estimate of drug-likeness (QED) is 0.729. The van der Waals surface area contributed by atoms with Gasteiger partial charge in [0.15, 0.2) is 0 Å². The summed E-state index contributed by atoms with van der Waals surface area (Å²) in [5.74, 6) is 0. The Morgan fingerprint density at radius 3 is 2.41 bits per heavy atom. The van der Waals surface area contributed by atoms with Gasteiger partial charge in [-0.1, -0.05) is 0 Å². The van der Waals surface area contributed by atoms with E-state index in [4.69, 9.17) is 29.1 Å². The lowest BCUT2D eigenvalue weighted by molar-refractivity contribution is 0.00578. The summed E-state index contributed by atoms with van der Waals surface area (Å²) >= 11 is 0. The van der Waals surface area contributed by atoms with E-state index in [2.05, 4.69) is 4.98 Å². The maximum atomic E-state index is 12.9. The van der Waals surface area contributed by atoms with E-state index in [0.717, 1.165) is 0 Å². The van der Waals surface area contributed by atoms with Crippen molar-refractivity contribution in [1.29, 1.82) is 0 Å². The molecule has 7 nitrogen and oxygen atoms in total. The minimum absolute atomic E-state index is 0.162. The highest BCUT2D eigenvalue weighted by Crippen LogP contribution is 2.36. The lowest BCUT2D eigenvalue weighted by atomic mass is 9.86. The second kappa shape index (κ2) is 6.81. The van der Waals surface area contributed by atoms with Crippen LogP contribution in [0.15, 0.2) is 12.5 Å². The van der Waals surface area contributed by atoms with Gasteiger partial charge >= 0.3 is 13.2 Å². The fourth-order valence-corrected chi connectivity index (χ4v) is 2.22. The zero-order valence-corrected chi connectivity index (χ0v) is 16.6. The van der Waals surface area contributed by atoms with E-state index in [0.29, 0.717) is 0 Å². The van der Waals surface area contributed by atoms with Crippen LogP contribution in [-0.4, -0.2) is 57.5 Å². The van der Waals surface area contributed by atoms with Crippen LogP contribution < -0.4 is 5.59 Å². The van der Waals surface area contributed by atoms with Gasteiger partial charge in [0.05, 0.1) is 25.8 Å². The first-order valence-electron chi connectivity index (χ1n) is 14.1. The zero-order valence-electron chi connectivity index (χ0n) is 27.6. The van der Waals surface area contributed by atoms with Crippen molar-refractivity contribution in [3.8, 4) is 0 Å². The molecule has 1 amide bonds. The van der Waals surface area contributed by atoms with E-state index in [1.165, 1.54) is 20.8 Å². The maximum absolute atomic E-state index is 12.9. The minimum Gasteiger partial charge on any atom is -0.444 e. The molecular formula is C19H32BN3O4. The summed E-state index contributed by atoms with van der Waals surface area (Å²) in [4.78, 5) is 16.4. The van der Waals surface area contributed by atoms with Gasteiger partial charge in [-0.2, -0.15) is 0 Å². The average Bonchev–Trinajstić information content (AvgIpc) is 3.08. The van der Waals surface area contributed by atoms with Gasteiger partial charge < -0.3 is 23.5 Å². The molecule has 0 aromatic carbocycles. The largest absolute Gasteiger partial charge is 0.516 e. The lowest BCUT2D eigenvalue weighted by Gasteiger charge is -2.33. The number of imidazole rings is 1. The Kier molecular flexibility index (Phi) is 2.60. The van der Waals surface area contributed by atoms with Gasteiger partial charge in [0, 0.05) is 36.2 Å². The van der Waals surface area contributed by atoms with E-state index in [9.17, 15) is 4.79 Å². The molecule has 0 atom stereocenters. The number of carbonyl (C=O) groups is 1. The van der Waals surface area contributed by atoms with Crippen LogP contribution in [0, 0.1) is 0 Å². The Bertz CT molecular complexity index is 1110. The smallest absolute Gasteiger partial charge is 0.444 e. The third kappa shape index (κ3) is 4.32. The molecule has 3 rings (SSSR count). The average molecular weight is 388 g/mol. The molecular weight excluding hydrogens is 345 g/mol. The van der Waals surface area contributed by atoms with E-state index in [1.54, 1.807) is 27.7 Å². The van der Waals surface area contributed by atoms with Crippen LogP contribution in [0.3, 0.4) is 0 Å². The Labute approximate surface area is 178 Å². The third-order valence-electron chi connectivity index (χ3n) is 4.35. The van der Waals surface area contributed by atoms with Crippen LogP contribution in [0.4, 0.5) is 4.79 Å². The summed E-state index contributed by atoms with van der Waals surface area (Å²) in [5, 5.41) is 0. The van der Waals surface area contributed by atoms with Gasteiger partial charge in [0.2, 0.25) is 0 Å². The Hall–Kier alpha value is -1.54. The third-order valence-corrected chi connectivity index (χ3v) is 4.35. The van der Waals surface area contributed by atoms with Crippen molar-refractivity contribution in [2.45, 2.75) is 84.0 Å². The number of nitrogens with zero attached hydrogens (tertiary/aromatic N) is 3. The Morgan fingerprint density at radius 1 is 1.33 bits per heavy atom. The highest BCUT2D eigenvalue weighted by Gasteiger charge is 2.52. The molecule has 3 heterocycles. The minimum atomic E-state index is -3.77. The number of likely N-dealkylation sites (tertiary alicyclic amines) is 1. The van der Waals surface area contributed by atoms with Crippen molar-refractivity contribution < 1.29 is 33.9 Å². The summed E-state index contributed by atoms with van der Waals surface area (Å²) in [6.07, 6.45) is -11.2. The SMILES string of the molecule is [2H]c1nc(B2OC(C)(C)C(C)(C)O2)c([2H])n1C1([2H])C([2H])([2H])C([2H])([2H])N(C(=O)OC(C)(C)C)C([2H])([2H])C1([2H])[2H]. The van der Waals surface area contributed by atoms with E-state index < -0.39 is 79.8 Å². The second-order valence-electron chi connectivity index (χ2n) is 8.27. The summed E-state index contributed by atoms with van der Waals surface area (Å²) < 4.78 is 111. The molecule has 2 fully saturated rings. The summed E-state index contributed by atoms with van der Waals surface area (Å²) in [6.45, 7) is 3.60. The number of piperidine rings is 1. The fourth-order valence-electron chi connectivity index (χ4n) is 2.22. The Morgan fingerprint density at radius 2 is 1.89 bits per heavy atom. The van der Waals surface area contributed by atoms with Crippen molar-refractivity contribution in [3.05, 3.63) is 12.5 Å². The highest BCUT2D eigenvalue weighted by atomic mass is 16.7. The van der Waals surface area contributed by atoms with Crippen LogP contribution in [-0.2, 0) is 14.0 Å². The van der Waals surface area contributed by atoms with Gasteiger partial charge in [-0.15, -0.1) is 0 Å². The molecule has 0 aliphatic carbocycles. The van der Waals surface area contributed by atoms with Crippen LogP contribution >= 0.6 is 0 Å². The van der Waals surface area contributed by atoms with Crippen molar-refractivity contribution >= 4 is 18.8 Å². The molecule has 1 aromatic heterocycles. The molecule has 8 heteroatoms. The number of rotatable bonds is 2. The molecule has 2 aliphatic heterocycles. The van der Waals surface area contributed by atoms with Crippen LogP contribution in [0.25, 0.3) is 0 Å². The van der Waals surface area contributed by atoms with Crippen LogP contribution in [0.1, 0.15) is 82.3 Å². The molecule has 0 unspecified atom stereocenters. The second-order valence-corrected chi connectivity index (χ2v) is 8.27. The van der Waals surface area contributed by atoms with Gasteiger partial charge in [-0.25, -0.2) is 9.78 Å². The Balaban J connectivity index is 2.26. The van der Waals surface area contributed by atoms with Crippen molar-refractivity contribution in [1.82, 2.24) is 14.5 Å². The molecule has 0 spiro atoms. The van der Waals surface area contributed by atoms with E-state index in [-0.39, 0.29) is 9.47 Å². The predicted octanol–water partition coefficient (Wildman–Crippen LogP) is 2.75. The first-order valence-corrected chi connectivity index (χ1v) is 8.57.